The zero-order chi connectivity index (χ0) is 14.9. The summed E-state index contributed by atoms with van der Waals surface area (Å²) in [6.45, 7) is 4.42. The van der Waals surface area contributed by atoms with Crippen LogP contribution in [-0.4, -0.2) is 17.7 Å². The van der Waals surface area contributed by atoms with E-state index in [9.17, 15) is 13.2 Å². The number of halogens is 3. The highest BCUT2D eigenvalue weighted by atomic mass is 19.4. The van der Waals surface area contributed by atoms with E-state index in [2.05, 4.69) is 5.32 Å². The van der Waals surface area contributed by atoms with Crippen LogP contribution in [0.4, 0.5) is 13.2 Å². The summed E-state index contributed by atoms with van der Waals surface area (Å²) >= 11 is 0. The highest BCUT2D eigenvalue weighted by Gasteiger charge is 2.34. The van der Waals surface area contributed by atoms with Gasteiger partial charge in [-0.25, -0.2) is 0 Å². The number of alkyl halides is 3. The van der Waals surface area contributed by atoms with Crippen molar-refractivity contribution in [3.8, 4) is 0 Å². The van der Waals surface area contributed by atoms with Crippen molar-refractivity contribution in [3.63, 3.8) is 0 Å². The van der Waals surface area contributed by atoms with Crippen LogP contribution >= 0.6 is 0 Å². The molecule has 0 saturated heterocycles. The quantitative estimate of drug-likeness (QED) is 0.903. The number of hydrogen-bond acceptors (Lipinski definition) is 1. The molecule has 0 aliphatic heterocycles. The Kier molecular flexibility index (Phi) is 4.09. The van der Waals surface area contributed by atoms with Gasteiger partial charge in [0.15, 0.2) is 0 Å². The molecule has 5 heteroatoms. The van der Waals surface area contributed by atoms with E-state index in [0.29, 0.717) is 23.9 Å². The number of aryl methyl sites for hydroxylation is 1. The predicted molar refractivity (Wildman–Crippen MR) is 74.8 cm³/mol. The SMILES string of the molecule is CCn1c(CC(C)NC)cc2cccc(C(F)(F)F)c21. The number of para-hydroxylation sites is 1. The van der Waals surface area contributed by atoms with Crippen molar-refractivity contribution in [3.05, 3.63) is 35.5 Å². The lowest BCUT2D eigenvalue weighted by molar-refractivity contribution is -0.136. The first-order valence-corrected chi connectivity index (χ1v) is 6.74. The Balaban J connectivity index is 2.63. The summed E-state index contributed by atoms with van der Waals surface area (Å²) < 4.78 is 41.2. The van der Waals surface area contributed by atoms with Crippen molar-refractivity contribution >= 4 is 10.9 Å². The standard InChI is InChI=1S/C15H19F3N2/c1-4-20-12(8-10(2)19-3)9-11-6-5-7-13(14(11)20)15(16,17)18/h5-7,9-10,19H,4,8H2,1-3H3. The van der Waals surface area contributed by atoms with Crippen molar-refractivity contribution in [1.29, 1.82) is 0 Å². The van der Waals surface area contributed by atoms with Crippen LogP contribution in [0.15, 0.2) is 24.3 Å². The summed E-state index contributed by atoms with van der Waals surface area (Å²) in [4.78, 5) is 0. The number of benzene rings is 1. The Morgan fingerprint density at radius 2 is 2.00 bits per heavy atom. The molecule has 0 aliphatic carbocycles. The van der Waals surface area contributed by atoms with Crippen molar-refractivity contribution in [2.24, 2.45) is 0 Å². The molecule has 2 rings (SSSR count). The Morgan fingerprint density at radius 3 is 2.55 bits per heavy atom. The number of hydrogen-bond donors (Lipinski definition) is 1. The summed E-state index contributed by atoms with van der Waals surface area (Å²) in [5.41, 5.74) is 0.669. The van der Waals surface area contributed by atoms with Gasteiger partial charge in [0.2, 0.25) is 0 Å². The fourth-order valence-electron chi connectivity index (χ4n) is 2.55. The second-order valence-corrected chi connectivity index (χ2v) is 5.01. The van der Waals surface area contributed by atoms with E-state index in [-0.39, 0.29) is 6.04 Å². The first kappa shape index (κ1) is 14.9. The van der Waals surface area contributed by atoms with Gasteiger partial charge in [-0.3, -0.25) is 0 Å². The van der Waals surface area contributed by atoms with E-state index in [4.69, 9.17) is 0 Å². The van der Waals surface area contributed by atoms with E-state index in [1.165, 1.54) is 6.07 Å². The average molecular weight is 284 g/mol. The van der Waals surface area contributed by atoms with E-state index in [1.807, 2.05) is 27.0 Å². The van der Waals surface area contributed by atoms with E-state index >= 15 is 0 Å². The highest BCUT2D eigenvalue weighted by Crippen LogP contribution is 2.36. The Morgan fingerprint density at radius 1 is 1.30 bits per heavy atom. The molecule has 0 amide bonds. The highest BCUT2D eigenvalue weighted by molar-refractivity contribution is 5.85. The van der Waals surface area contributed by atoms with Gasteiger partial charge in [0.1, 0.15) is 0 Å². The third kappa shape index (κ3) is 2.68. The van der Waals surface area contributed by atoms with Crippen LogP contribution in [0.5, 0.6) is 0 Å². The van der Waals surface area contributed by atoms with Gasteiger partial charge in [0, 0.05) is 30.1 Å². The molecule has 0 spiro atoms. The molecule has 0 fully saturated rings. The van der Waals surface area contributed by atoms with Gasteiger partial charge in [0.05, 0.1) is 11.1 Å². The second-order valence-electron chi connectivity index (χ2n) is 5.01. The zero-order valence-electron chi connectivity index (χ0n) is 11.9. The lowest BCUT2D eigenvalue weighted by atomic mass is 10.1. The maximum Gasteiger partial charge on any atom is 0.418 e. The first-order valence-electron chi connectivity index (χ1n) is 6.74. The van der Waals surface area contributed by atoms with Crippen LogP contribution in [0.1, 0.15) is 25.1 Å². The normalized spacial score (nSPS) is 13.9. The molecule has 0 radical (unpaired) electrons. The Labute approximate surface area is 116 Å². The molecular formula is C15H19F3N2. The van der Waals surface area contributed by atoms with E-state index in [0.717, 1.165) is 11.8 Å². The first-order chi connectivity index (χ1) is 9.38. The van der Waals surface area contributed by atoms with Crippen molar-refractivity contribution in [1.82, 2.24) is 9.88 Å². The molecule has 2 aromatic rings. The average Bonchev–Trinajstić information content (AvgIpc) is 2.73. The minimum Gasteiger partial charge on any atom is -0.344 e. The van der Waals surface area contributed by atoms with Crippen molar-refractivity contribution < 1.29 is 13.2 Å². The number of fused-ring (bicyclic) bond motifs is 1. The number of nitrogens with one attached hydrogen (secondary N) is 1. The van der Waals surface area contributed by atoms with Gasteiger partial charge in [0.25, 0.3) is 0 Å². The minimum absolute atomic E-state index is 0.221. The molecule has 20 heavy (non-hydrogen) atoms. The number of rotatable bonds is 4. The maximum absolute atomic E-state index is 13.1. The molecule has 1 heterocycles. The summed E-state index contributed by atoms with van der Waals surface area (Å²) in [6.07, 6.45) is -3.62. The topological polar surface area (TPSA) is 17.0 Å². The molecule has 1 N–H and O–H groups in total. The largest absolute Gasteiger partial charge is 0.418 e. The van der Waals surface area contributed by atoms with Crippen LogP contribution in [0.3, 0.4) is 0 Å². The summed E-state index contributed by atoms with van der Waals surface area (Å²) in [7, 11) is 1.85. The van der Waals surface area contributed by atoms with Crippen LogP contribution in [0.2, 0.25) is 0 Å². The number of aromatic nitrogens is 1. The molecule has 0 saturated carbocycles. The predicted octanol–water partition coefficient (Wildman–Crippen LogP) is 3.83. The van der Waals surface area contributed by atoms with Gasteiger partial charge < -0.3 is 9.88 Å². The number of likely N-dealkylation sites (N-methyl/N-ethyl adjacent to an activating group) is 1. The van der Waals surface area contributed by atoms with Crippen LogP contribution in [0.25, 0.3) is 10.9 Å². The third-order valence-electron chi connectivity index (χ3n) is 3.64. The van der Waals surface area contributed by atoms with Crippen molar-refractivity contribution in [2.45, 2.75) is 39.0 Å². The number of nitrogens with zero attached hydrogens (tertiary/aromatic N) is 1. The lowest BCUT2D eigenvalue weighted by Crippen LogP contribution is -2.24. The molecule has 1 aromatic carbocycles. The fraction of sp³-hybridized carbons (Fsp3) is 0.467. The van der Waals surface area contributed by atoms with Crippen LogP contribution in [0, 0.1) is 0 Å². The van der Waals surface area contributed by atoms with Crippen LogP contribution < -0.4 is 5.32 Å². The minimum atomic E-state index is -4.32. The molecular weight excluding hydrogens is 265 g/mol. The Bertz CT molecular complexity index is 599. The molecule has 110 valence electrons. The van der Waals surface area contributed by atoms with Gasteiger partial charge >= 0.3 is 6.18 Å². The molecule has 1 unspecified atom stereocenters. The molecule has 0 bridgehead atoms. The summed E-state index contributed by atoms with van der Waals surface area (Å²) in [5.74, 6) is 0. The zero-order valence-corrected chi connectivity index (χ0v) is 11.9. The van der Waals surface area contributed by atoms with Gasteiger partial charge in [-0.05, 0) is 33.0 Å². The van der Waals surface area contributed by atoms with Crippen LogP contribution in [-0.2, 0) is 19.1 Å². The maximum atomic E-state index is 13.1. The third-order valence-corrected chi connectivity index (χ3v) is 3.64. The van der Waals surface area contributed by atoms with Gasteiger partial charge in [-0.15, -0.1) is 0 Å². The smallest absolute Gasteiger partial charge is 0.344 e. The van der Waals surface area contributed by atoms with Gasteiger partial charge in [-0.1, -0.05) is 12.1 Å². The Hall–Kier alpha value is -1.49. The van der Waals surface area contributed by atoms with Gasteiger partial charge in [-0.2, -0.15) is 13.2 Å². The van der Waals surface area contributed by atoms with E-state index < -0.39 is 11.7 Å². The monoisotopic (exact) mass is 284 g/mol. The van der Waals surface area contributed by atoms with Crippen molar-refractivity contribution in [2.75, 3.05) is 7.05 Å². The molecule has 1 aromatic heterocycles. The summed E-state index contributed by atoms with van der Waals surface area (Å²) in [5, 5.41) is 3.77. The lowest BCUT2D eigenvalue weighted by Gasteiger charge is -2.15. The van der Waals surface area contributed by atoms with E-state index in [1.54, 1.807) is 10.6 Å². The molecule has 1 atom stereocenters. The second kappa shape index (κ2) is 5.48. The molecule has 0 aliphatic rings. The molecule has 2 nitrogen and oxygen atoms in total. The fourth-order valence-corrected chi connectivity index (χ4v) is 2.55. The summed E-state index contributed by atoms with van der Waals surface area (Å²) in [6, 6.07) is 6.45.